The Morgan fingerprint density at radius 2 is 1.80 bits per heavy atom. The molecule has 1 saturated heterocycles. The average molecular weight is 361 g/mol. The molecule has 1 N–H and O–H groups in total. The number of rotatable bonds is 5. The first-order valence-electron chi connectivity index (χ1n) is 8.00. The van der Waals surface area contributed by atoms with Gasteiger partial charge in [0.2, 0.25) is 10.0 Å². The number of phenolic OH excluding ortho intramolecular Hbond substituents is 1. The molecule has 1 fully saturated rings. The quantitative estimate of drug-likeness (QED) is 0.826. The lowest BCUT2D eigenvalue weighted by molar-refractivity contribution is -0.148. The molecule has 25 heavy (non-hydrogen) atoms. The topological polar surface area (TPSA) is 83.9 Å². The molecule has 1 aliphatic heterocycles. The van der Waals surface area contributed by atoms with Crippen LogP contribution in [0.15, 0.2) is 59.5 Å². The van der Waals surface area contributed by atoms with E-state index in [9.17, 15) is 18.3 Å². The summed E-state index contributed by atoms with van der Waals surface area (Å²) in [5, 5.41) is 9.32. The molecule has 0 aromatic heterocycles. The summed E-state index contributed by atoms with van der Waals surface area (Å²) in [5.41, 5.74) is 0.849. The predicted octanol–water partition coefficient (Wildman–Crippen LogP) is 2.29. The first-order chi connectivity index (χ1) is 12.0. The van der Waals surface area contributed by atoms with Gasteiger partial charge in [0.15, 0.2) is 0 Å². The summed E-state index contributed by atoms with van der Waals surface area (Å²) >= 11 is 0. The van der Waals surface area contributed by atoms with Crippen LogP contribution in [0.2, 0.25) is 0 Å². The molecule has 2 aromatic carbocycles. The highest BCUT2D eigenvalue weighted by atomic mass is 32.2. The monoisotopic (exact) mass is 361 g/mol. The van der Waals surface area contributed by atoms with Crippen molar-refractivity contribution in [3.05, 3.63) is 60.2 Å². The molecule has 0 spiro atoms. The third kappa shape index (κ3) is 3.83. The van der Waals surface area contributed by atoms with Gasteiger partial charge in [0, 0.05) is 6.54 Å². The zero-order chi connectivity index (χ0) is 17.9. The number of aromatic hydroxyl groups is 1. The Bertz CT molecular complexity index is 834. The van der Waals surface area contributed by atoms with E-state index in [0.29, 0.717) is 12.8 Å². The smallest absolute Gasteiger partial charge is 0.324 e. The van der Waals surface area contributed by atoms with E-state index in [1.807, 2.05) is 30.3 Å². The molecule has 132 valence electrons. The van der Waals surface area contributed by atoms with Gasteiger partial charge < -0.3 is 9.84 Å². The molecular weight excluding hydrogens is 342 g/mol. The van der Waals surface area contributed by atoms with E-state index < -0.39 is 22.0 Å². The third-order valence-electron chi connectivity index (χ3n) is 4.14. The highest BCUT2D eigenvalue weighted by Crippen LogP contribution is 2.27. The van der Waals surface area contributed by atoms with Gasteiger partial charge in [-0.1, -0.05) is 30.3 Å². The van der Waals surface area contributed by atoms with Crippen LogP contribution in [-0.2, 0) is 26.2 Å². The molecule has 1 atom stereocenters. The summed E-state index contributed by atoms with van der Waals surface area (Å²) in [6.07, 6.45) is 1.04. The second-order valence-electron chi connectivity index (χ2n) is 5.86. The van der Waals surface area contributed by atoms with Gasteiger partial charge >= 0.3 is 5.97 Å². The molecular formula is C18H19NO5S. The largest absolute Gasteiger partial charge is 0.508 e. The Hall–Kier alpha value is -2.38. The van der Waals surface area contributed by atoms with Crippen LogP contribution in [0, 0.1) is 0 Å². The van der Waals surface area contributed by atoms with E-state index in [4.69, 9.17) is 4.74 Å². The molecule has 0 amide bonds. The number of carbonyl (C=O) groups excluding carboxylic acids is 1. The summed E-state index contributed by atoms with van der Waals surface area (Å²) in [6.45, 7) is 0.386. The van der Waals surface area contributed by atoms with Crippen molar-refractivity contribution >= 4 is 16.0 Å². The number of sulfonamides is 1. The van der Waals surface area contributed by atoms with Crippen molar-refractivity contribution in [2.24, 2.45) is 0 Å². The summed E-state index contributed by atoms with van der Waals surface area (Å²) < 4.78 is 32.0. The molecule has 0 saturated carbocycles. The molecule has 3 rings (SSSR count). The molecule has 1 aliphatic rings. The van der Waals surface area contributed by atoms with Crippen LogP contribution in [0.4, 0.5) is 0 Å². The van der Waals surface area contributed by atoms with Gasteiger partial charge in [0.1, 0.15) is 18.4 Å². The van der Waals surface area contributed by atoms with Gasteiger partial charge in [-0.2, -0.15) is 4.31 Å². The van der Waals surface area contributed by atoms with Gasteiger partial charge in [-0.15, -0.1) is 0 Å². The minimum Gasteiger partial charge on any atom is -0.508 e. The molecule has 1 heterocycles. The van der Waals surface area contributed by atoms with E-state index in [-0.39, 0.29) is 23.8 Å². The lowest BCUT2D eigenvalue weighted by Crippen LogP contribution is -2.41. The fourth-order valence-corrected chi connectivity index (χ4v) is 4.49. The second kappa shape index (κ2) is 7.25. The average Bonchev–Trinajstić information content (AvgIpc) is 3.12. The summed E-state index contributed by atoms with van der Waals surface area (Å²) in [7, 11) is -3.81. The number of ether oxygens (including phenoxy) is 1. The fourth-order valence-electron chi connectivity index (χ4n) is 2.84. The highest BCUT2D eigenvalue weighted by molar-refractivity contribution is 7.89. The van der Waals surface area contributed by atoms with Crippen LogP contribution < -0.4 is 0 Å². The lowest BCUT2D eigenvalue weighted by Gasteiger charge is -2.22. The van der Waals surface area contributed by atoms with Gasteiger partial charge in [0.05, 0.1) is 4.90 Å². The van der Waals surface area contributed by atoms with Gasteiger partial charge in [-0.25, -0.2) is 8.42 Å². The molecule has 0 bridgehead atoms. The fraction of sp³-hybridized carbons (Fsp3) is 0.278. The Kier molecular flexibility index (Phi) is 5.06. The number of hydrogen-bond donors (Lipinski definition) is 1. The summed E-state index contributed by atoms with van der Waals surface area (Å²) in [4.78, 5) is 12.4. The first kappa shape index (κ1) is 17.4. The molecule has 6 nitrogen and oxygen atoms in total. The highest BCUT2D eigenvalue weighted by Gasteiger charge is 2.40. The van der Waals surface area contributed by atoms with Gasteiger partial charge in [-0.05, 0) is 42.7 Å². The minimum atomic E-state index is -3.81. The van der Waals surface area contributed by atoms with Crippen molar-refractivity contribution in [2.75, 3.05) is 6.54 Å². The normalized spacial score (nSPS) is 18.2. The zero-order valence-corrected chi connectivity index (χ0v) is 14.4. The van der Waals surface area contributed by atoms with E-state index in [0.717, 1.165) is 5.56 Å². The van der Waals surface area contributed by atoms with Crippen LogP contribution in [0.25, 0.3) is 0 Å². The Morgan fingerprint density at radius 3 is 2.48 bits per heavy atom. The van der Waals surface area contributed by atoms with Crippen molar-refractivity contribution in [2.45, 2.75) is 30.4 Å². The minimum absolute atomic E-state index is 0.0146. The number of nitrogens with zero attached hydrogens (tertiary/aromatic N) is 1. The van der Waals surface area contributed by atoms with E-state index >= 15 is 0 Å². The Morgan fingerprint density at radius 1 is 1.12 bits per heavy atom. The summed E-state index contributed by atoms with van der Waals surface area (Å²) in [5.74, 6) is -0.553. The van der Waals surface area contributed by atoms with Crippen molar-refractivity contribution in [3.63, 3.8) is 0 Å². The molecule has 2 aromatic rings. The van der Waals surface area contributed by atoms with E-state index in [2.05, 4.69) is 0 Å². The maximum atomic E-state index is 12.8. The maximum absolute atomic E-state index is 12.8. The molecule has 0 unspecified atom stereocenters. The number of benzene rings is 2. The molecule has 7 heteroatoms. The van der Waals surface area contributed by atoms with Gasteiger partial charge in [-0.3, -0.25) is 4.79 Å². The lowest BCUT2D eigenvalue weighted by atomic mass is 10.2. The number of hydrogen-bond acceptors (Lipinski definition) is 5. The van der Waals surface area contributed by atoms with Crippen molar-refractivity contribution < 1.29 is 23.1 Å². The Labute approximate surface area is 146 Å². The standard InChI is InChI=1S/C18H19NO5S/c20-15-8-10-16(11-9-15)25(22,23)19-12-4-7-17(19)18(21)24-13-14-5-2-1-3-6-14/h1-3,5-6,8-11,17,20H,4,7,12-13H2/t17-/m0/s1. The number of esters is 1. The van der Waals surface area contributed by atoms with Crippen LogP contribution in [-0.4, -0.2) is 36.4 Å². The summed E-state index contributed by atoms with van der Waals surface area (Å²) in [6, 6.07) is 13.7. The van der Waals surface area contributed by atoms with Crippen molar-refractivity contribution in [1.29, 1.82) is 0 Å². The predicted molar refractivity (Wildman–Crippen MR) is 91.3 cm³/mol. The second-order valence-corrected chi connectivity index (χ2v) is 7.75. The number of phenols is 1. The van der Waals surface area contributed by atoms with Crippen LogP contribution >= 0.6 is 0 Å². The number of carbonyl (C=O) groups is 1. The van der Waals surface area contributed by atoms with Crippen LogP contribution in [0.1, 0.15) is 18.4 Å². The van der Waals surface area contributed by atoms with E-state index in [1.54, 1.807) is 0 Å². The SMILES string of the molecule is O=C(OCc1ccccc1)[C@@H]1CCCN1S(=O)(=O)c1ccc(O)cc1. The zero-order valence-electron chi connectivity index (χ0n) is 13.5. The molecule has 0 radical (unpaired) electrons. The van der Waals surface area contributed by atoms with Crippen molar-refractivity contribution in [1.82, 2.24) is 4.31 Å². The maximum Gasteiger partial charge on any atom is 0.324 e. The van der Waals surface area contributed by atoms with E-state index in [1.165, 1.54) is 28.6 Å². The van der Waals surface area contributed by atoms with Crippen LogP contribution in [0.3, 0.4) is 0 Å². The van der Waals surface area contributed by atoms with Crippen LogP contribution in [0.5, 0.6) is 5.75 Å². The van der Waals surface area contributed by atoms with Crippen molar-refractivity contribution in [3.8, 4) is 5.75 Å². The molecule has 0 aliphatic carbocycles. The third-order valence-corrected chi connectivity index (χ3v) is 6.07. The Balaban J connectivity index is 1.73. The first-order valence-corrected chi connectivity index (χ1v) is 9.44. The van der Waals surface area contributed by atoms with Gasteiger partial charge in [0.25, 0.3) is 0 Å².